The maximum absolute atomic E-state index is 11.7. The number of likely N-dealkylation sites (tertiary alicyclic amines) is 1. The first-order valence-corrected chi connectivity index (χ1v) is 15.5. The van der Waals surface area contributed by atoms with Gasteiger partial charge in [-0.2, -0.15) is 0 Å². The van der Waals surface area contributed by atoms with Gasteiger partial charge in [-0.25, -0.2) is 14.8 Å². The lowest BCUT2D eigenvalue weighted by atomic mass is 9.92. The second-order valence-corrected chi connectivity index (χ2v) is 12.0. The van der Waals surface area contributed by atoms with Crippen molar-refractivity contribution in [2.24, 2.45) is 5.92 Å². The summed E-state index contributed by atoms with van der Waals surface area (Å²) >= 11 is 6.33. The number of carboxylic acids is 1. The van der Waals surface area contributed by atoms with Crippen LogP contribution in [0.1, 0.15) is 58.6 Å². The number of nitrogens with zero attached hydrogens (tertiary/aromatic N) is 6. The number of aromatic carboxylic acids is 1. The molecule has 10 heteroatoms. The average molecular weight is 613 g/mol. The van der Waals surface area contributed by atoms with Crippen LogP contribution in [-0.4, -0.2) is 53.2 Å². The van der Waals surface area contributed by atoms with Gasteiger partial charge >= 0.3 is 5.97 Å². The molecule has 9 nitrogen and oxygen atoms in total. The van der Waals surface area contributed by atoms with E-state index in [0.29, 0.717) is 36.4 Å². The lowest BCUT2D eigenvalue weighted by Gasteiger charge is -2.31. The molecule has 1 N–H and O–H groups in total. The van der Waals surface area contributed by atoms with Crippen molar-refractivity contribution in [3.8, 4) is 5.75 Å². The molecule has 228 valence electrons. The van der Waals surface area contributed by atoms with Crippen LogP contribution in [-0.2, 0) is 32.7 Å². The molecule has 1 fully saturated rings. The second-order valence-electron chi connectivity index (χ2n) is 11.6. The lowest BCUT2D eigenvalue weighted by Crippen LogP contribution is -2.34. The van der Waals surface area contributed by atoms with Crippen LogP contribution in [0, 0.1) is 12.8 Å². The first-order valence-electron chi connectivity index (χ1n) is 15.1. The molecule has 0 spiro atoms. The maximum atomic E-state index is 11.7. The summed E-state index contributed by atoms with van der Waals surface area (Å²) in [6.45, 7) is 8.51. The van der Waals surface area contributed by atoms with E-state index in [9.17, 15) is 9.90 Å². The summed E-state index contributed by atoms with van der Waals surface area (Å²) in [6.07, 6.45) is 6.79. The zero-order chi connectivity index (χ0) is 30.6. The molecule has 1 aliphatic rings. The number of hydrogen-bond donors (Lipinski definition) is 1. The average Bonchev–Trinajstić information content (AvgIpc) is 3.61. The Morgan fingerprint density at radius 1 is 1.05 bits per heavy atom. The summed E-state index contributed by atoms with van der Waals surface area (Å²) in [5.74, 6) is 1.22. The Bertz CT molecular complexity index is 1770. The van der Waals surface area contributed by atoms with Crippen molar-refractivity contribution in [3.05, 3.63) is 106 Å². The van der Waals surface area contributed by atoms with E-state index in [4.69, 9.17) is 26.3 Å². The second kappa shape index (κ2) is 13.2. The molecule has 5 aromatic rings. The number of fused-ring (bicyclic) bond motifs is 1. The fourth-order valence-corrected chi connectivity index (χ4v) is 6.26. The number of carboxylic acid groups (broad SMARTS) is 1. The summed E-state index contributed by atoms with van der Waals surface area (Å²) in [4.78, 5) is 28.3. The molecule has 0 bridgehead atoms. The molecule has 0 aliphatic carbocycles. The summed E-state index contributed by atoms with van der Waals surface area (Å²) in [6, 6.07) is 17.1. The van der Waals surface area contributed by atoms with Crippen molar-refractivity contribution >= 4 is 28.6 Å². The predicted octanol–water partition coefficient (Wildman–Crippen LogP) is 6.39. The highest BCUT2D eigenvalue weighted by Crippen LogP contribution is 2.27. The van der Waals surface area contributed by atoms with Gasteiger partial charge in [0, 0.05) is 18.4 Å². The van der Waals surface area contributed by atoms with E-state index < -0.39 is 5.97 Å². The normalized spacial score (nSPS) is 14.3. The molecule has 3 aromatic heterocycles. The Kier molecular flexibility index (Phi) is 8.95. The lowest BCUT2D eigenvalue weighted by molar-refractivity contribution is 0.0697. The van der Waals surface area contributed by atoms with Crippen LogP contribution in [0.2, 0.25) is 5.02 Å². The number of aromatic nitrogens is 5. The zero-order valence-corrected chi connectivity index (χ0v) is 25.9. The summed E-state index contributed by atoms with van der Waals surface area (Å²) in [5, 5.41) is 10.2. The van der Waals surface area contributed by atoms with E-state index in [1.165, 1.54) is 0 Å². The van der Waals surface area contributed by atoms with Crippen molar-refractivity contribution in [2.75, 3.05) is 13.1 Å². The molecular formula is C34H37ClN6O3. The number of aryl methyl sites for hydroxylation is 2. The van der Waals surface area contributed by atoms with Crippen LogP contribution in [0.4, 0.5) is 0 Å². The van der Waals surface area contributed by atoms with E-state index in [2.05, 4.69) is 38.1 Å². The summed E-state index contributed by atoms with van der Waals surface area (Å²) in [7, 11) is 0. The van der Waals surface area contributed by atoms with Crippen LogP contribution in [0.5, 0.6) is 5.75 Å². The smallest absolute Gasteiger partial charge is 0.335 e. The number of piperidine rings is 1. The highest BCUT2D eigenvalue weighted by Gasteiger charge is 2.23. The minimum absolute atomic E-state index is 0.262. The molecule has 0 unspecified atom stereocenters. The molecule has 1 saturated heterocycles. The van der Waals surface area contributed by atoms with Gasteiger partial charge in [0.2, 0.25) is 0 Å². The molecule has 2 aromatic carbocycles. The molecule has 0 saturated carbocycles. The Hall–Kier alpha value is -4.21. The predicted molar refractivity (Wildman–Crippen MR) is 170 cm³/mol. The van der Waals surface area contributed by atoms with Gasteiger partial charge in [0.25, 0.3) is 0 Å². The maximum Gasteiger partial charge on any atom is 0.335 e. The SMILES string of the molecule is CCn1cncc1Cn1c(CN2CCC(Cc3cccc(COc4ccc(C)cc4Cl)n3)CC2)nc2ccc(C(=O)O)cc21. The van der Waals surface area contributed by atoms with Crippen LogP contribution in [0.25, 0.3) is 11.0 Å². The number of rotatable bonds is 11. The molecule has 1 aliphatic heterocycles. The first-order chi connectivity index (χ1) is 21.4. The zero-order valence-electron chi connectivity index (χ0n) is 25.1. The number of halogens is 1. The van der Waals surface area contributed by atoms with Gasteiger partial charge in [0.05, 0.1) is 52.4 Å². The van der Waals surface area contributed by atoms with Gasteiger partial charge in [0.15, 0.2) is 0 Å². The van der Waals surface area contributed by atoms with Gasteiger partial charge in [-0.05, 0) is 100 Å². The number of benzene rings is 2. The Morgan fingerprint density at radius 3 is 2.64 bits per heavy atom. The fraction of sp³-hybridized carbons (Fsp3) is 0.353. The minimum Gasteiger partial charge on any atom is -0.486 e. The van der Waals surface area contributed by atoms with Crippen LogP contribution in [0.3, 0.4) is 0 Å². The van der Waals surface area contributed by atoms with E-state index >= 15 is 0 Å². The van der Waals surface area contributed by atoms with Gasteiger partial charge in [-0.1, -0.05) is 23.7 Å². The Balaban J connectivity index is 1.10. The summed E-state index contributed by atoms with van der Waals surface area (Å²) in [5.41, 5.74) is 6.05. The quantitative estimate of drug-likeness (QED) is 0.185. The van der Waals surface area contributed by atoms with E-state index in [-0.39, 0.29) is 5.56 Å². The Morgan fingerprint density at radius 2 is 1.86 bits per heavy atom. The van der Waals surface area contributed by atoms with Crippen molar-refractivity contribution in [2.45, 2.75) is 59.4 Å². The van der Waals surface area contributed by atoms with Crippen LogP contribution >= 0.6 is 11.6 Å². The minimum atomic E-state index is -0.940. The van der Waals surface area contributed by atoms with Crippen LogP contribution in [0.15, 0.2) is 67.1 Å². The number of pyridine rings is 1. The first kappa shape index (κ1) is 29.8. The summed E-state index contributed by atoms with van der Waals surface area (Å²) < 4.78 is 10.2. The van der Waals surface area contributed by atoms with E-state index in [1.54, 1.807) is 12.1 Å². The number of imidazole rings is 2. The highest BCUT2D eigenvalue weighted by atomic mass is 35.5. The van der Waals surface area contributed by atoms with E-state index in [0.717, 1.165) is 78.4 Å². The van der Waals surface area contributed by atoms with Gasteiger partial charge in [-0.3, -0.25) is 9.88 Å². The highest BCUT2D eigenvalue weighted by molar-refractivity contribution is 6.32. The number of hydrogen-bond acceptors (Lipinski definition) is 6. The van der Waals surface area contributed by atoms with Crippen molar-refractivity contribution in [3.63, 3.8) is 0 Å². The largest absolute Gasteiger partial charge is 0.486 e. The monoisotopic (exact) mass is 612 g/mol. The van der Waals surface area contributed by atoms with Crippen molar-refractivity contribution in [1.29, 1.82) is 0 Å². The molecular weight excluding hydrogens is 576 g/mol. The van der Waals surface area contributed by atoms with Crippen molar-refractivity contribution < 1.29 is 14.6 Å². The molecule has 0 atom stereocenters. The standard InChI is InChI=1S/C34H37ClN6O3/c1-3-40-22-36-18-28(40)19-41-31-17-25(34(42)43)8-9-30(31)38-33(41)20-39-13-11-24(12-14-39)16-26-5-4-6-27(37-26)21-44-32-10-7-23(2)15-29(32)35/h4-10,15,17-18,22,24H,3,11-14,16,19-21H2,1-2H3,(H,42,43). The molecule has 4 heterocycles. The number of carbonyl (C=O) groups is 1. The number of ether oxygens (including phenoxy) is 1. The van der Waals surface area contributed by atoms with Crippen molar-refractivity contribution in [1.82, 2.24) is 29.0 Å². The third-order valence-corrected chi connectivity index (χ3v) is 8.73. The third kappa shape index (κ3) is 6.79. The van der Waals surface area contributed by atoms with Gasteiger partial charge in [-0.15, -0.1) is 0 Å². The van der Waals surface area contributed by atoms with Crippen LogP contribution < -0.4 is 4.74 Å². The molecule has 0 radical (unpaired) electrons. The molecule has 6 rings (SSSR count). The fourth-order valence-electron chi connectivity index (χ4n) is 5.97. The topological polar surface area (TPSA) is 98.3 Å². The van der Waals surface area contributed by atoms with Gasteiger partial charge in [0.1, 0.15) is 18.2 Å². The molecule has 0 amide bonds. The molecule has 44 heavy (non-hydrogen) atoms. The van der Waals surface area contributed by atoms with E-state index in [1.807, 2.05) is 49.8 Å². The van der Waals surface area contributed by atoms with Gasteiger partial charge < -0.3 is 19.0 Å². The third-order valence-electron chi connectivity index (χ3n) is 8.43. The Labute approximate surface area is 262 Å².